The standard InChI is InChI=1S/C23H31N3O3/c1-6-7-19-14-18(15-21(28-4)22(19)29-5)16-26-23(24-2)25-13-12-17-8-10-20(27-3)11-9-17/h6,8-11,14-15H,1,7,12-13,16H2,2-5H3,(H2,24,25,26). The first kappa shape index (κ1) is 22.1. The molecule has 0 atom stereocenters. The highest BCUT2D eigenvalue weighted by molar-refractivity contribution is 5.79. The molecule has 156 valence electrons. The lowest BCUT2D eigenvalue weighted by molar-refractivity contribution is 0.352. The molecule has 0 amide bonds. The van der Waals surface area contributed by atoms with Gasteiger partial charge in [0, 0.05) is 25.7 Å². The van der Waals surface area contributed by atoms with Gasteiger partial charge in [-0.15, -0.1) is 6.58 Å². The number of aliphatic imine (C=N–C) groups is 1. The van der Waals surface area contributed by atoms with Crippen molar-refractivity contribution in [2.45, 2.75) is 19.4 Å². The topological polar surface area (TPSA) is 64.1 Å². The molecule has 0 fully saturated rings. The van der Waals surface area contributed by atoms with Gasteiger partial charge < -0.3 is 24.8 Å². The summed E-state index contributed by atoms with van der Waals surface area (Å²) in [6, 6.07) is 12.2. The third-order valence-corrected chi connectivity index (χ3v) is 4.53. The van der Waals surface area contributed by atoms with Gasteiger partial charge >= 0.3 is 0 Å². The summed E-state index contributed by atoms with van der Waals surface area (Å²) in [5, 5.41) is 6.69. The van der Waals surface area contributed by atoms with Gasteiger partial charge in [-0.2, -0.15) is 0 Å². The number of ether oxygens (including phenoxy) is 3. The Hall–Kier alpha value is -3.15. The summed E-state index contributed by atoms with van der Waals surface area (Å²) in [6.45, 7) is 5.22. The van der Waals surface area contributed by atoms with Crippen molar-refractivity contribution in [2.75, 3.05) is 34.9 Å². The van der Waals surface area contributed by atoms with Gasteiger partial charge in [0.15, 0.2) is 17.5 Å². The molecule has 0 bridgehead atoms. The number of benzene rings is 2. The zero-order chi connectivity index (χ0) is 21.1. The van der Waals surface area contributed by atoms with E-state index in [2.05, 4.69) is 40.4 Å². The second kappa shape index (κ2) is 11.6. The zero-order valence-electron chi connectivity index (χ0n) is 17.7. The van der Waals surface area contributed by atoms with E-state index >= 15 is 0 Å². The molecular formula is C23H31N3O3. The van der Waals surface area contributed by atoms with Crippen molar-refractivity contribution in [1.82, 2.24) is 10.6 Å². The van der Waals surface area contributed by atoms with Crippen LogP contribution in [-0.2, 0) is 19.4 Å². The maximum Gasteiger partial charge on any atom is 0.191 e. The Kier molecular flexibility index (Phi) is 8.89. The highest BCUT2D eigenvalue weighted by Crippen LogP contribution is 2.33. The molecule has 0 unspecified atom stereocenters. The molecule has 2 N–H and O–H groups in total. The number of hydrogen-bond donors (Lipinski definition) is 2. The molecule has 0 aliphatic carbocycles. The average molecular weight is 398 g/mol. The molecule has 0 heterocycles. The van der Waals surface area contributed by atoms with Crippen LogP contribution in [0.4, 0.5) is 0 Å². The molecule has 2 rings (SSSR count). The normalized spacial score (nSPS) is 11.0. The van der Waals surface area contributed by atoms with Crippen LogP contribution >= 0.6 is 0 Å². The number of nitrogens with zero attached hydrogens (tertiary/aromatic N) is 1. The smallest absolute Gasteiger partial charge is 0.191 e. The molecule has 2 aromatic rings. The fourth-order valence-corrected chi connectivity index (χ4v) is 3.04. The number of rotatable bonds is 10. The van der Waals surface area contributed by atoms with E-state index in [1.165, 1.54) is 5.56 Å². The first-order valence-corrected chi connectivity index (χ1v) is 9.57. The van der Waals surface area contributed by atoms with Crippen molar-refractivity contribution in [3.63, 3.8) is 0 Å². The maximum atomic E-state index is 5.49. The maximum absolute atomic E-state index is 5.49. The average Bonchev–Trinajstić information content (AvgIpc) is 2.76. The summed E-state index contributed by atoms with van der Waals surface area (Å²) >= 11 is 0. The van der Waals surface area contributed by atoms with Gasteiger partial charge in [0.25, 0.3) is 0 Å². The molecule has 0 aliphatic rings. The van der Waals surface area contributed by atoms with Crippen LogP contribution in [0.3, 0.4) is 0 Å². The predicted molar refractivity (Wildman–Crippen MR) is 118 cm³/mol. The van der Waals surface area contributed by atoms with E-state index in [0.29, 0.717) is 18.7 Å². The second-order valence-electron chi connectivity index (χ2n) is 6.43. The van der Waals surface area contributed by atoms with Crippen LogP contribution in [0.5, 0.6) is 17.2 Å². The van der Waals surface area contributed by atoms with Crippen molar-refractivity contribution < 1.29 is 14.2 Å². The largest absolute Gasteiger partial charge is 0.497 e. The lowest BCUT2D eigenvalue weighted by Gasteiger charge is -2.16. The molecule has 0 radical (unpaired) electrons. The third kappa shape index (κ3) is 6.45. The molecule has 6 heteroatoms. The Morgan fingerprint density at radius 1 is 1.00 bits per heavy atom. The summed E-state index contributed by atoms with van der Waals surface area (Å²) < 4.78 is 16.2. The number of hydrogen-bond acceptors (Lipinski definition) is 4. The predicted octanol–water partition coefficient (Wildman–Crippen LogP) is 3.35. The lowest BCUT2D eigenvalue weighted by atomic mass is 10.1. The van der Waals surface area contributed by atoms with Crippen molar-refractivity contribution in [3.8, 4) is 17.2 Å². The fourth-order valence-electron chi connectivity index (χ4n) is 3.04. The summed E-state index contributed by atoms with van der Waals surface area (Å²) in [7, 11) is 6.73. The van der Waals surface area contributed by atoms with Crippen LogP contribution in [0.2, 0.25) is 0 Å². The zero-order valence-corrected chi connectivity index (χ0v) is 17.7. The van der Waals surface area contributed by atoms with E-state index in [9.17, 15) is 0 Å². The minimum absolute atomic E-state index is 0.618. The third-order valence-electron chi connectivity index (χ3n) is 4.53. The summed E-state index contributed by atoms with van der Waals surface area (Å²) in [5.74, 6) is 3.08. The Morgan fingerprint density at radius 3 is 2.34 bits per heavy atom. The molecular weight excluding hydrogens is 366 g/mol. The highest BCUT2D eigenvalue weighted by Gasteiger charge is 2.12. The van der Waals surface area contributed by atoms with Crippen LogP contribution in [-0.4, -0.2) is 40.9 Å². The fraction of sp³-hybridized carbons (Fsp3) is 0.348. The SMILES string of the molecule is C=CCc1cc(CNC(=NC)NCCc2ccc(OC)cc2)cc(OC)c1OC. The Labute approximate surface area is 173 Å². The lowest BCUT2D eigenvalue weighted by Crippen LogP contribution is -2.37. The van der Waals surface area contributed by atoms with E-state index in [0.717, 1.165) is 41.6 Å². The van der Waals surface area contributed by atoms with Gasteiger partial charge in [0.1, 0.15) is 5.75 Å². The number of methoxy groups -OCH3 is 3. The quantitative estimate of drug-likeness (QED) is 0.366. The summed E-state index contributed by atoms with van der Waals surface area (Å²) in [5.41, 5.74) is 3.36. The molecule has 0 spiro atoms. The molecule has 6 nitrogen and oxygen atoms in total. The van der Waals surface area contributed by atoms with Gasteiger partial charge in [0.05, 0.1) is 21.3 Å². The molecule has 0 aromatic heterocycles. The Morgan fingerprint density at radius 2 is 1.76 bits per heavy atom. The molecule has 0 saturated heterocycles. The van der Waals surface area contributed by atoms with Crippen molar-refractivity contribution >= 4 is 5.96 Å². The number of guanidine groups is 1. The van der Waals surface area contributed by atoms with Crippen molar-refractivity contribution in [2.24, 2.45) is 4.99 Å². The first-order chi connectivity index (χ1) is 14.1. The Balaban J connectivity index is 1.94. The number of nitrogens with one attached hydrogen (secondary N) is 2. The van der Waals surface area contributed by atoms with Crippen molar-refractivity contribution in [3.05, 3.63) is 65.7 Å². The van der Waals surface area contributed by atoms with Gasteiger partial charge in [-0.05, 0) is 48.2 Å². The monoisotopic (exact) mass is 397 g/mol. The van der Waals surface area contributed by atoms with E-state index in [4.69, 9.17) is 14.2 Å². The minimum Gasteiger partial charge on any atom is -0.497 e. The van der Waals surface area contributed by atoms with Crippen LogP contribution in [0.25, 0.3) is 0 Å². The van der Waals surface area contributed by atoms with Crippen LogP contribution < -0.4 is 24.8 Å². The molecule has 29 heavy (non-hydrogen) atoms. The summed E-state index contributed by atoms with van der Waals surface area (Å²) in [6.07, 6.45) is 3.46. The number of allylic oxidation sites excluding steroid dienone is 1. The Bertz CT molecular complexity index is 817. The molecule has 0 aliphatic heterocycles. The summed E-state index contributed by atoms with van der Waals surface area (Å²) in [4.78, 5) is 4.30. The van der Waals surface area contributed by atoms with Crippen LogP contribution in [0, 0.1) is 0 Å². The molecule has 0 saturated carbocycles. The van der Waals surface area contributed by atoms with Crippen LogP contribution in [0.1, 0.15) is 16.7 Å². The highest BCUT2D eigenvalue weighted by atomic mass is 16.5. The van der Waals surface area contributed by atoms with E-state index < -0.39 is 0 Å². The minimum atomic E-state index is 0.618. The van der Waals surface area contributed by atoms with Gasteiger partial charge in [-0.3, -0.25) is 4.99 Å². The molecule has 2 aromatic carbocycles. The van der Waals surface area contributed by atoms with E-state index in [-0.39, 0.29) is 0 Å². The first-order valence-electron chi connectivity index (χ1n) is 9.57. The van der Waals surface area contributed by atoms with Gasteiger partial charge in [-0.25, -0.2) is 0 Å². The van der Waals surface area contributed by atoms with Gasteiger partial charge in [0.2, 0.25) is 0 Å². The van der Waals surface area contributed by atoms with Crippen LogP contribution in [0.15, 0.2) is 54.0 Å². The van der Waals surface area contributed by atoms with E-state index in [1.54, 1.807) is 28.4 Å². The van der Waals surface area contributed by atoms with Crippen molar-refractivity contribution in [1.29, 1.82) is 0 Å². The van der Waals surface area contributed by atoms with Gasteiger partial charge in [-0.1, -0.05) is 18.2 Å². The van der Waals surface area contributed by atoms with E-state index in [1.807, 2.05) is 24.3 Å². The second-order valence-corrected chi connectivity index (χ2v) is 6.43.